The lowest BCUT2D eigenvalue weighted by Gasteiger charge is -2.24. The van der Waals surface area contributed by atoms with Gasteiger partial charge in [-0.05, 0) is 53.4 Å². The van der Waals surface area contributed by atoms with E-state index in [2.05, 4.69) is 4.98 Å². The van der Waals surface area contributed by atoms with Gasteiger partial charge in [-0.1, -0.05) is 6.07 Å². The molecule has 38 heavy (non-hydrogen) atoms. The predicted molar refractivity (Wildman–Crippen MR) is 138 cm³/mol. The number of benzene rings is 3. The molecule has 0 fully saturated rings. The van der Waals surface area contributed by atoms with Crippen molar-refractivity contribution in [2.75, 3.05) is 27.1 Å². The van der Waals surface area contributed by atoms with Crippen LogP contribution in [-0.4, -0.2) is 44.8 Å². The number of hydrogen-bond acceptors (Lipinski definition) is 8. The number of nitrogens with zero attached hydrogens (tertiary/aromatic N) is 1. The summed E-state index contributed by atoms with van der Waals surface area (Å²) < 4.78 is 56.4. The lowest BCUT2D eigenvalue weighted by Crippen LogP contribution is -2.32. The van der Waals surface area contributed by atoms with Crippen LogP contribution in [0.2, 0.25) is 0 Å². The predicted octanol–water partition coefficient (Wildman–Crippen LogP) is 3.43. The Bertz CT molecular complexity index is 1700. The lowest BCUT2D eigenvalue weighted by molar-refractivity contribution is 0.171. The molecule has 6 rings (SSSR count). The molecule has 4 aromatic rings. The van der Waals surface area contributed by atoms with E-state index in [1.165, 1.54) is 16.4 Å². The van der Waals surface area contributed by atoms with E-state index in [4.69, 9.17) is 23.7 Å². The normalized spacial score (nSPS) is 14.2. The molecular weight excluding hydrogens is 512 g/mol. The van der Waals surface area contributed by atoms with Crippen molar-refractivity contribution >= 4 is 20.9 Å². The fraction of sp³-hybridized carbons (Fsp3) is 0.222. The van der Waals surface area contributed by atoms with E-state index >= 15 is 0 Å². The number of hydrogen-bond donors (Lipinski definition) is 1. The number of aromatic amines is 1. The highest BCUT2D eigenvalue weighted by Crippen LogP contribution is 2.36. The molecule has 1 aromatic heterocycles. The third kappa shape index (κ3) is 4.50. The summed E-state index contributed by atoms with van der Waals surface area (Å²) in [5.41, 5.74) is 1.18. The first kappa shape index (κ1) is 24.1. The average Bonchev–Trinajstić information content (AvgIpc) is 3.40. The van der Waals surface area contributed by atoms with E-state index in [1.807, 2.05) is 6.07 Å². The van der Waals surface area contributed by atoms with Gasteiger partial charge in [-0.2, -0.15) is 4.31 Å². The number of aromatic nitrogens is 1. The lowest BCUT2D eigenvalue weighted by atomic mass is 10.1. The number of pyridine rings is 1. The zero-order valence-corrected chi connectivity index (χ0v) is 21.2. The molecule has 0 radical (unpaired) electrons. The van der Waals surface area contributed by atoms with Crippen LogP contribution in [0.3, 0.4) is 0 Å². The maximum Gasteiger partial charge on any atom is 0.252 e. The summed E-state index contributed by atoms with van der Waals surface area (Å²) in [5.74, 6) is 2.58. The van der Waals surface area contributed by atoms with Crippen LogP contribution in [0.15, 0.2) is 70.4 Å². The number of H-pyrrole nitrogens is 1. The Kier molecular flexibility index (Phi) is 6.09. The summed E-state index contributed by atoms with van der Waals surface area (Å²) in [6, 6.07) is 16.8. The molecule has 0 saturated carbocycles. The minimum atomic E-state index is -4.07. The highest BCUT2D eigenvalue weighted by Gasteiger charge is 2.28. The molecule has 3 aromatic carbocycles. The van der Waals surface area contributed by atoms with Crippen LogP contribution in [-0.2, 0) is 23.1 Å². The van der Waals surface area contributed by atoms with E-state index < -0.39 is 10.0 Å². The second kappa shape index (κ2) is 9.58. The summed E-state index contributed by atoms with van der Waals surface area (Å²) in [4.78, 5) is 15.9. The Morgan fingerprint density at radius 2 is 1.58 bits per heavy atom. The first-order valence-corrected chi connectivity index (χ1v) is 13.3. The summed E-state index contributed by atoms with van der Waals surface area (Å²) in [6.07, 6.45) is 0. The van der Waals surface area contributed by atoms with Crippen LogP contribution < -0.4 is 29.2 Å². The van der Waals surface area contributed by atoms with Gasteiger partial charge in [0.2, 0.25) is 16.8 Å². The second-order valence-corrected chi connectivity index (χ2v) is 10.8. The van der Waals surface area contributed by atoms with E-state index in [0.717, 1.165) is 5.39 Å². The Hall–Kier alpha value is -4.22. The molecule has 0 unspecified atom stereocenters. The van der Waals surface area contributed by atoms with Gasteiger partial charge in [-0.25, -0.2) is 8.42 Å². The molecule has 0 aliphatic carbocycles. The fourth-order valence-corrected chi connectivity index (χ4v) is 5.88. The Morgan fingerprint density at radius 3 is 2.42 bits per heavy atom. The topological polar surface area (TPSA) is 116 Å². The molecule has 0 bridgehead atoms. The smallest absolute Gasteiger partial charge is 0.252 e. The Labute approximate surface area is 218 Å². The van der Waals surface area contributed by atoms with Gasteiger partial charge in [0, 0.05) is 30.8 Å². The van der Waals surface area contributed by atoms with Gasteiger partial charge >= 0.3 is 0 Å². The highest BCUT2D eigenvalue weighted by molar-refractivity contribution is 7.89. The number of nitrogens with one attached hydrogen (secondary N) is 1. The van der Waals surface area contributed by atoms with Crippen molar-refractivity contribution in [2.45, 2.75) is 18.0 Å². The first-order chi connectivity index (χ1) is 18.4. The molecule has 10 nitrogen and oxygen atoms in total. The number of rotatable bonds is 7. The first-order valence-electron chi connectivity index (χ1n) is 11.9. The molecule has 0 amide bonds. The summed E-state index contributed by atoms with van der Waals surface area (Å²) in [7, 11) is -2.53. The summed E-state index contributed by atoms with van der Waals surface area (Å²) in [6.45, 7) is 0.659. The van der Waals surface area contributed by atoms with Crippen molar-refractivity contribution in [1.29, 1.82) is 0 Å². The van der Waals surface area contributed by atoms with Crippen molar-refractivity contribution in [2.24, 2.45) is 0 Å². The van der Waals surface area contributed by atoms with Gasteiger partial charge < -0.3 is 28.7 Å². The molecule has 0 saturated heterocycles. The Balaban J connectivity index is 1.40. The van der Waals surface area contributed by atoms with Crippen LogP contribution in [0.5, 0.6) is 28.7 Å². The van der Waals surface area contributed by atoms with E-state index in [1.54, 1.807) is 49.6 Å². The van der Waals surface area contributed by atoms with Gasteiger partial charge in [0.25, 0.3) is 5.56 Å². The third-order valence-corrected chi connectivity index (χ3v) is 8.21. The van der Waals surface area contributed by atoms with E-state index in [0.29, 0.717) is 58.6 Å². The third-order valence-electron chi connectivity index (χ3n) is 6.42. The maximum absolute atomic E-state index is 14.0. The standard InChI is InChI=1S/C27H24N2O8S/c1-33-20-4-3-18-11-19(27(30)28-22(18)12-20)15-29(14-17-2-6-24-25(10-17)37-16-36-24)38(31,32)21-5-7-23-26(13-21)35-9-8-34-23/h2-7,10-13H,8-9,14-16H2,1H3,(H,28,30). The number of fused-ring (bicyclic) bond motifs is 3. The van der Waals surface area contributed by atoms with Gasteiger partial charge in [-0.15, -0.1) is 0 Å². The summed E-state index contributed by atoms with van der Waals surface area (Å²) in [5, 5.41) is 0.750. The zero-order chi connectivity index (χ0) is 26.3. The summed E-state index contributed by atoms with van der Waals surface area (Å²) >= 11 is 0. The minimum absolute atomic E-state index is 0.00644. The molecule has 1 N–H and O–H groups in total. The largest absolute Gasteiger partial charge is 0.497 e. The quantitative estimate of drug-likeness (QED) is 0.382. The van der Waals surface area contributed by atoms with Crippen molar-refractivity contribution in [3.63, 3.8) is 0 Å². The van der Waals surface area contributed by atoms with Gasteiger partial charge in [0.1, 0.15) is 19.0 Å². The molecule has 11 heteroatoms. The molecule has 2 aliphatic heterocycles. The molecule has 196 valence electrons. The molecule has 0 spiro atoms. The molecular formula is C27H24N2O8S. The van der Waals surface area contributed by atoms with Crippen LogP contribution in [0.4, 0.5) is 0 Å². The molecule has 3 heterocycles. The number of ether oxygens (including phenoxy) is 5. The zero-order valence-electron chi connectivity index (χ0n) is 20.4. The highest BCUT2D eigenvalue weighted by atomic mass is 32.2. The maximum atomic E-state index is 14.0. The Morgan fingerprint density at radius 1 is 0.842 bits per heavy atom. The molecule has 2 aliphatic rings. The van der Waals surface area contributed by atoms with Crippen LogP contribution in [0, 0.1) is 0 Å². The van der Waals surface area contributed by atoms with Crippen molar-refractivity contribution in [3.8, 4) is 28.7 Å². The number of methoxy groups -OCH3 is 1. The average molecular weight is 537 g/mol. The minimum Gasteiger partial charge on any atom is -0.497 e. The van der Waals surface area contributed by atoms with Crippen LogP contribution in [0.25, 0.3) is 10.9 Å². The van der Waals surface area contributed by atoms with E-state index in [-0.39, 0.29) is 30.3 Å². The van der Waals surface area contributed by atoms with Crippen molar-refractivity contribution in [3.05, 3.63) is 82.1 Å². The van der Waals surface area contributed by atoms with Gasteiger partial charge in [-0.3, -0.25) is 4.79 Å². The second-order valence-electron chi connectivity index (χ2n) is 8.84. The SMILES string of the molecule is COc1ccc2cc(CN(Cc3ccc4c(c3)OCO4)S(=O)(=O)c3ccc4c(c3)OCCO4)c(=O)[nH]c2c1. The van der Waals surface area contributed by atoms with Crippen molar-refractivity contribution < 1.29 is 32.1 Å². The molecule has 0 atom stereocenters. The van der Waals surface area contributed by atoms with Crippen LogP contribution >= 0.6 is 0 Å². The number of sulfonamides is 1. The van der Waals surface area contributed by atoms with Crippen LogP contribution in [0.1, 0.15) is 11.1 Å². The fourth-order valence-electron chi connectivity index (χ4n) is 4.46. The van der Waals surface area contributed by atoms with Gasteiger partial charge in [0.15, 0.2) is 23.0 Å². The van der Waals surface area contributed by atoms with Crippen molar-refractivity contribution in [1.82, 2.24) is 9.29 Å². The monoisotopic (exact) mass is 536 g/mol. The van der Waals surface area contributed by atoms with Gasteiger partial charge in [0.05, 0.1) is 17.5 Å². The van der Waals surface area contributed by atoms with E-state index in [9.17, 15) is 13.2 Å².